The normalized spacial score (nSPS) is 15.1. The molecule has 31 heavy (non-hydrogen) atoms. The molecule has 0 radical (unpaired) electrons. The number of benzene rings is 2. The zero-order chi connectivity index (χ0) is 22.4. The number of aromatic hydroxyl groups is 1. The van der Waals surface area contributed by atoms with Crippen molar-refractivity contribution in [3.63, 3.8) is 0 Å². The smallest absolute Gasteiger partial charge is 0.224 e. The first-order valence-electron chi connectivity index (χ1n) is 10.5. The average molecular weight is 430 g/mol. The molecule has 2 atom stereocenters. The number of hydrogen-bond acceptors (Lipinski definition) is 6. The summed E-state index contributed by atoms with van der Waals surface area (Å²) in [6.45, 7) is -0.133. The molecule has 1 saturated carbocycles. The van der Waals surface area contributed by atoms with Crippen LogP contribution in [-0.4, -0.2) is 50.1 Å². The zero-order valence-corrected chi connectivity index (χ0v) is 18.3. The third kappa shape index (κ3) is 5.82. The molecule has 1 amide bonds. The summed E-state index contributed by atoms with van der Waals surface area (Å²) in [6.07, 6.45) is 2.92. The number of nitrogens with one attached hydrogen (secondary N) is 1. The lowest BCUT2D eigenvalue weighted by molar-refractivity contribution is -0.127. The Morgan fingerprint density at radius 1 is 0.968 bits per heavy atom. The number of carbonyl (C=O) groups excluding carboxylic acids is 1. The van der Waals surface area contributed by atoms with Gasteiger partial charge in [-0.1, -0.05) is 12.1 Å². The summed E-state index contributed by atoms with van der Waals surface area (Å²) in [5.41, 5.74) is 1.81. The van der Waals surface area contributed by atoms with E-state index in [0.717, 1.165) is 24.0 Å². The maximum absolute atomic E-state index is 13.1. The Labute approximate surface area is 183 Å². The maximum Gasteiger partial charge on any atom is 0.224 e. The standard InChI is InChI=1S/C24H31NO6/c1-29-21-9-5-15(13-23(21)31-3)10-17(14-26)19(24(28)25-18-6-7-18)11-16-4-8-20(27)22(12-16)30-2/h4-5,8-9,12-13,17-19,26-27H,6-7,10-11,14H2,1-3H3,(H,25,28)/t17-,19+/m0/s1. The van der Waals surface area contributed by atoms with Crippen LogP contribution in [0.15, 0.2) is 36.4 Å². The molecule has 3 rings (SSSR count). The third-order valence-corrected chi connectivity index (χ3v) is 5.71. The highest BCUT2D eigenvalue weighted by molar-refractivity contribution is 5.80. The van der Waals surface area contributed by atoms with Gasteiger partial charge in [0.15, 0.2) is 23.0 Å². The van der Waals surface area contributed by atoms with Gasteiger partial charge in [-0.3, -0.25) is 4.79 Å². The Hall–Kier alpha value is -2.93. The van der Waals surface area contributed by atoms with Crippen molar-refractivity contribution in [2.75, 3.05) is 27.9 Å². The fraction of sp³-hybridized carbons (Fsp3) is 0.458. The Kier molecular flexibility index (Phi) is 7.63. The number of hydrogen-bond donors (Lipinski definition) is 3. The van der Waals surface area contributed by atoms with E-state index in [1.807, 2.05) is 18.2 Å². The van der Waals surface area contributed by atoms with E-state index in [0.29, 0.717) is 30.1 Å². The number of phenols is 1. The number of methoxy groups -OCH3 is 3. The molecule has 7 heteroatoms. The molecule has 0 bridgehead atoms. The molecular weight excluding hydrogens is 398 g/mol. The van der Waals surface area contributed by atoms with E-state index < -0.39 is 5.92 Å². The maximum atomic E-state index is 13.1. The lowest BCUT2D eigenvalue weighted by Crippen LogP contribution is -2.39. The van der Waals surface area contributed by atoms with E-state index in [4.69, 9.17) is 14.2 Å². The van der Waals surface area contributed by atoms with E-state index in [-0.39, 0.29) is 30.2 Å². The number of amides is 1. The van der Waals surface area contributed by atoms with Crippen LogP contribution < -0.4 is 19.5 Å². The number of phenolic OH excluding ortho intramolecular Hbond substituents is 1. The van der Waals surface area contributed by atoms with Crippen molar-refractivity contribution in [3.8, 4) is 23.0 Å². The molecule has 1 aliphatic rings. The Balaban J connectivity index is 1.84. The second-order valence-electron chi connectivity index (χ2n) is 7.94. The monoisotopic (exact) mass is 429 g/mol. The van der Waals surface area contributed by atoms with Gasteiger partial charge in [-0.05, 0) is 67.0 Å². The highest BCUT2D eigenvalue weighted by Gasteiger charge is 2.32. The van der Waals surface area contributed by atoms with Crippen molar-refractivity contribution in [1.82, 2.24) is 5.32 Å². The van der Waals surface area contributed by atoms with Crippen LogP contribution in [0.2, 0.25) is 0 Å². The molecule has 7 nitrogen and oxygen atoms in total. The molecule has 0 heterocycles. The molecule has 2 aromatic rings. The Morgan fingerprint density at radius 3 is 2.19 bits per heavy atom. The van der Waals surface area contributed by atoms with Gasteiger partial charge in [0, 0.05) is 18.6 Å². The summed E-state index contributed by atoms with van der Waals surface area (Å²) in [5.74, 6) is 0.858. The van der Waals surface area contributed by atoms with Crippen LogP contribution in [0, 0.1) is 11.8 Å². The lowest BCUT2D eigenvalue weighted by atomic mass is 9.82. The first-order chi connectivity index (χ1) is 15.0. The topological polar surface area (TPSA) is 97.3 Å². The van der Waals surface area contributed by atoms with Crippen molar-refractivity contribution in [2.24, 2.45) is 11.8 Å². The van der Waals surface area contributed by atoms with Crippen LogP contribution in [0.4, 0.5) is 0 Å². The molecule has 0 saturated heterocycles. The number of rotatable bonds is 11. The SMILES string of the molecule is COc1cc(C[C@@H](C(=O)NC2CC2)[C@H](CO)Cc2ccc(OC)c(OC)c2)ccc1O. The van der Waals surface area contributed by atoms with Gasteiger partial charge in [0.2, 0.25) is 5.91 Å². The summed E-state index contributed by atoms with van der Waals surface area (Å²) >= 11 is 0. The van der Waals surface area contributed by atoms with E-state index in [1.165, 1.54) is 7.11 Å². The molecule has 0 spiro atoms. The van der Waals surface area contributed by atoms with Gasteiger partial charge in [0.25, 0.3) is 0 Å². The summed E-state index contributed by atoms with van der Waals surface area (Å²) in [7, 11) is 4.65. The highest BCUT2D eigenvalue weighted by Crippen LogP contribution is 2.32. The van der Waals surface area contributed by atoms with Gasteiger partial charge in [0.1, 0.15) is 0 Å². The van der Waals surface area contributed by atoms with Crippen molar-refractivity contribution in [2.45, 2.75) is 31.7 Å². The molecule has 1 aliphatic carbocycles. The first-order valence-corrected chi connectivity index (χ1v) is 10.5. The third-order valence-electron chi connectivity index (χ3n) is 5.71. The summed E-state index contributed by atoms with van der Waals surface area (Å²) in [4.78, 5) is 13.1. The minimum Gasteiger partial charge on any atom is -0.504 e. The Bertz CT molecular complexity index is 896. The molecule has 3 N–H and O–H groups in total. The number of ether oxygens (including phenoxy) is 3. The number of carbonyl (C=O) groups is 1. The molecule has 1 fully saturated rings. The molecule has 0 unspecified atom stereocenters. The molecule has 168 valence electrons. The van der Waals surface area contributed by atoms with Crippen molar-refractivity contribution in [1.29, 1.82) is 0 Å². The van der Waals surface area contributed by atoms with Crippen LogP contribution in [-0.2, 0) is 17.6 Å². The highest BCUT2D eigenvalue weighted by atomic mass is 16.5. The number of aliphatic hydroxyl groups is 1. The molecular formula is C24H31NO6. The van der Waals surface area contributed by atoms with Crippen LogP contribution >= 0.6 is 0 Å². The lowest BCUT2D eigenvalue weighted by Gasteiger charge is -2.26. The van der Waals surface area contributed by atoms with Crippen molar-refractivity contribution >= 4 is 5.91 Å². The van der Waals surface area contributed by atoms with Gasteiger partial charge < -0.3 is 29.7 Å². The fourth-order valence-electron chi connectivity index (χ4n) is 3.76. The van der Waals surface area contributed by atoms with Gasteiger partial charge in [-0.25, -0.2) is 0 Å². The van der Waals surface area contributed by atoms with Gasteiger partial charge in [-0.15, -0.1) is 0 Å². The predicted molar refractivity (Wildman–Crippen MR) is 117 cm³/mol. The van der Waals surface area contributed by atoms with Gasteiger partial charge >= 0.3 is 0 Å². The van der Waals surface area contributed by atoms with Crippen LogP contribution in [0.25, 0.3) is 0 Å². The van der Waals surface area contributed by atoms with Gasteiger partial charge in [-0.2, -0.15) is 0 Å². The second kappa shape index (κ2) is 10.4. The minimum absolute atomic E-state index is 0.0502. The van der Waals surface area contributed by atoms with E-state index in [1.54, 1.807) is 32.4 Å². The second-order valence-corrected chi connectivity index (χ2v) is 7.94. The summed E-state index contributed by atoms with van der Waals surface area (Å²) in [6, 6.07) is 10.9. The zero-order valence-electron chi connectivity index (χ0n) is 18.3. The van der Waals surface area contributed by atoms with Crippen molar-refractivity contribution in [3.05, 3.63) is 47.5 Å². The predicted octanol–water partition coefficient (Wildman–Crippen LogP) is 2.71. The fourth-order valence-corrected chi connectivity index (χ4v) is 3.76. The average Bonchev–Trinajstić information content (AvgIpc) is 3.60. The van der Waals surface area contributed by atoms with E-state index in [2.05, 4.69) is 5.32 Å². The molecule has 0 aliphatic heterocycles. The summed E-state index contributed by atoms with van der Waals surface area (Å²) in [5, 5.41) is 23.2. The summed E-state index contributed by atoms with van der Waals surface area (Å²) < 4.78 is 15.9. The minimum atomic E-state index is -0.437. The van der Waals surface area contributed by atoms with E-state index in [9.17, 15) is 15.0 Å². The van der Waals surface area contributed by atoms with Crippen LogP contribution in [0.5, 0.6) is 23.0 Å². The van der Waals surface area contributed by atoms with Crippen LogP contribution in [0.3, 0.4) is 0 Å². The van der Waals surface area contributed by atoms with Gasteiger partial charge in [0.05, 0.1) is 21.3 Å². The van der Waals surface area contributed by atoms with E-state index >= 15 is 0 Å². The molecule has 0 aromatic heterocycles. The molecule has 2 aromatic carbocycles. The quantitative estimate of drug-likeness (QED) is 0.508. The Morgan fingerprint density at radius 2 is 1.58 bits per heavy atom. The van der Waals surface area contributed by atoms with Crippen LogP contribution in [0.1, 0.15) is 24.0 Å². The first kappa shape index (κ1) is 22.7. The largest absolute Gasteiger partial charge is 0.504 e. The number of aliphatic hydroxyl groups excluding tert-OH is 1. The van der Waals surface area contributed by atoms with Crippen molar-refractivity contribution < 1.29 is 29.2 Å².